The van der Waals surface area contributed by atoms with E-state index in [0.29, 0.717) is 13.0 Å². The number of aryl methyl sites for hydroxylation is 1. The van der Waals surface area contributed by atoms with E-state index >= 15 is 0 Å². The number of nitrogens with zero attached hydrogens (tertiary/aromatic N) is 3. The molecule has 0 unspecified atom stereocenters. The molecule has 2 aromatic rings. The Morgan fingerprint density at radius 3 is 2.74 bits per heavy atom. The van der Waals surface area contributed by atoms with Gasteiger partial charge in [-0.1, -0.05) is 6.92 Å². The summed E-state index contributed by atoms with van der Waals surface area (Å²) >= 11 is 0. The monoisotopic (exact) mass is 329 g/mol. The Hall–Kier alpha value is -2.32. The molecule has 2 rings (SSSR count). The average molecular weight is 329 g/mol. The summed E-state index contributed by atoms with van der Waals surface area (Å²) in [7, 11) is 0. The van der Waals surface area contributed by atoms with Gasteiger partial charge in [-0.3, -0.25) is 0 Å². The maximum absolute atomic E-state index is 13.1. The molecule has 0 aliphatic carbocycles. The van der Waals surface area contributed by atoms with Crippen molar-refractivity contribution in [3.8, 4) is 0 Å². The van der Waals surface area contributed by atoms with Crippen LogP contribution in [0.3, 0.4) is 0 Å². The maximum atomic E-state index is 13.1. The second kappa shape index (κ2) is 7.30. The fraction of sp³-hybridized carbons (Fsp3) is 0.500. The Kier molecular flexibility index (Phi) is 5.41. The van der Waals surface area contributed by atoms with E-state index in [4.69, 9.17) is 0 Å². The van der Waals surface area contributed by atoms with Gasteiger partial charge in [-0.15, -0.1) is 0 Å². The van der Waals surface area contributed by atoms with Crippen LogP contribution in [0.5, 0.6) is 0 Å². The summed E-state index contributed by atoms with van der Waals surface area (Å²) in [6.45, 7) is 2.81. The smallest absolute Gasteiger partial charge is 0.338 e. The largest absolute Gasteiger partial charge is 0.449 e. The van der Waals surface area contributed by atoms with Crippen molar-refractivity contribution in [2.45, 2.75) is 32.5 Å². The van der Waals surface area contributed by atoms with Crippen LogP contribution in [0.15, 0.2) is 18.3 Å². The molecule has 0 aliphatic heterocycles. The summed E-state index contributed by atoms with van der Waals surface area (Å²) in [6.07, 6.45) is -1.97. The van der Waals surface area contributed by atoms with E-state index in [2.05, 4.69) is 20.6 Å². The van der Waals surface area contributed by atoms with Crippen molar-refractivity contribution in [2.24, 2.45) is 0 Å². The fourth-order valence-electron chi connectivity index (χ4n) is 2.13. The Balaban J connectivity index is 2.03. The normalized spacial score (nSPS) is 11.7. The number of fused-ring (bicyclic) bond motifs is 1. The Morgan fingerprint density at radius 1 is 1.30 bits per heavy atom. The summed E-state index contributed by atoms with van der Waals surface area (Å²) in [4.78, 5) is 19.0. The van der Waals surface area contributed by atoms with Gasteiger partial charge in [0.25, 0.3) is 0 Å². The SMILES string of the molecule is CCCNC(=O)NCCCn1c(C(F)(F)F)nc2cccnc21. The van der Waals surface area contributed by atoms with Crippen LogP contribution in [0, 0.1) is 0 Å². The summed E-state index contributed by atoms with van der Waals surface area (Å²) in [5, 5.41) is 5.23. The highest BCUT2D eigenvalue weighted by molar-refractivity contribution is 5.73. The van der Waals surface area contributed by atoms with Crippen molar-refractivity contribution in [3.63, 3.8) is 0 Å². The number of halogens is 3. The molecule has 0 saturated carbocycles. The van der Waals surface area contributed by atoms with E-state index in [-0.39, 0.29) is 30.3 Å². The number of carbonyl (C=O) groups excluding carboxylic acids is 1. The molecule has 9 heteroatoms. The first-order chi connectivity index (χ1) is 10.9. The summed E-state index contributed by atoms with van der Waals surface area (Å²) in [5.41, 5.74) is 0.392. The molecule has 2 aromatic heterocycles. The highest BCUT2D eigenvalue weighted by Crippen LogP contribution is 2.30. The van der Waals surface area contributed by atoms with Gasteiger partial charge in [0, 0.05) is 25.8 Å². The zero-order valence-corrected chi connectivity index (χ0v) is 12.7. The van der Waals surface area contributed by atoms with Crippen molar-refractivity contribution in [3.05, 3.63) is 24.2 Å². The molecule has 2 heterocycles. The van der Waals surface area contributed by atoms with E-state index in [1.165, 1.54) is 12.3 Å². The quantitative estimate of drug-likeness (QED) is 0.800. The number of rotatable bonds is 6. The van der Waals surface area contributed by atoms with Gasteiger partial charge >= 0.3 is 12.2 Å². The molecule has 0 saturated heterocycles. The first-order valence-electron chi connectivity index (χ1n) is 7.33. The Labute approximate surface area is 131 Å². The van der Waals surface area contributed by atoms with E-state index in [9.17, 15) is 18.0 Å². The van der Waals surface area contributed by atoms with E-state index in [0.717, 1.165) is 11.0 Å². The maximum Gasteiger partial charge on any atom is 0.449 e. The third-order valence-electron chi connectivity index (χ3n) is 3.14. The highest BCUT2D eigenvalue weighted by Gasteiger charge is 2.37. The first-order valence-corrected chi connectivity index (χ1v) is 7.33. The van der Waals surface area contributed by atoms with Gasteiger partial charge in [0.1, 0.15) is 5.52 Å². The number of urea groups is 1. The Morgan fingerprint density at radius 2 is 2.04 bits per heavy atom. The Bertz CT molecular complexity index is 668. The van der Waals surface area contributed by atoms with Crippen molar-refractivity contribution in [2.75, 3.05) is 13.1 Å². The molecule has 0 aliphatic rings. The minimum Gasteiger partial charge on any atom is -0.338 e. The molecule has 6 nitrogen and oxygen atoms in total. The van der Waals surface area contributed by atoms with Crippen LogP contribution >= 0.6 is 0 Å². The summed E-state index contributed by atoms with van der Waals surface area (Å²) < 4.78 is 40.3. The molecule has 0 radical (unpaired) electrons. The van der Waals surface area contributed by atoms with Crippen LogP contribution in [-0.2, 0) is 12.7 Å². The molecule has 0 spiro atoms. The van der Waals surface area contributed by atoms with E-state index < -0.39 is 12.0 Å². The predicted molar refractivity (Wildman–Crippen MR) is 78.8 cm³/mol. The molecule has 2 N–H and O–H groups in total. The lowest BCUT2D eigenvalue weighted by Gasteiger charge is -2.11. The second-order valence-electron chi connectivity index (χ2n) is 4.97. The van der Waals surface area contributed by atoms with E-state index in [1.54, 1.807) is 6.07 Å². The number of nitrogens with one attached hydrogen (secondary N) is 2. The second-order valence-corrected chi connectivity index (χ2v) is 4.97. The first kappa shape index (κ1) is 17.0. The molecular weight excluding hydrogens is 311 g/mol. The molecule has 2 amide bonds. The lowest BCUT2D eigenvalue weighted by molar-refractivity contribution is -0.147. The van der Waals surface area contributed by atoms with Crippen molar-refractivity contribution in [1.29, 1.82) is 0 Å². The number of pyridine rings is 1. The lowest BCUT2D eigenvalue weighted by Crippen LogP contribution is -2.36. The van der Waals surface area contributed by atoms with Crippen LogP contribution in [0.2, 0.25) is 0 Å². The third kappa shape index (κ3) is 4.33. The number of amides is 2. The number of aromatic nitrogens is 3. The molecule has 126 valence electrons. The number of hydrogen-bond acceptors (Lipinski definition) is 3. The van der Waals surface area contributed by atoms with Crippen LogP contribution in [-0.4, -0.2) is 33.7 Å². The molecule has 23 heavy (non-hydrogen) atoms. The minimum atomic E-state index is -4.55. The third-order valence-corrected chi connectivity index (χ3v) is 3.14. The number of imidazole rings is 1. The van der Waals surface area contributed by atoms with E-state index in [1.807, 2.05) is 6.92 Å². The molecule has 0 fully saturated rings. The molecule has 0 atom stereocenters. The van der Waals surface area contributed by atoms with Crippen LogP contribution < -0.4 is 10.6 Å². The van der Waals surface area contributed by atoms with Gasteiger partial charge in [0.05, 0.1) is 0 Å². The van der Waals surface area contributed by atoms with Crippen molar-refractivity contribution < 1.29 is 18.0 Å². The summed E-state index contributed by atoms with van der Waals surface area (Å²) in [6, 6.07) is 2.71. The van der Waals surface area contributed by atoms with Gasteiger partial charge in [-0.25, -0.2) is 14.8 Å². The zero-order chi connectivity index (χ0) is 16.9. The van der Waals surface area contributed by atoms with Crippen molar-refractivity contribution >= 4 is 17.2 Å². The van der Waals surface area contributed by atoms with Crippen LogP contribution in [0.4, 0.5) is 18.0 Å². The van der Waals surface area contributed by atoms with Gasteiger partial charge in [0.15, 0.2) is 5.65 Å². The van der Waals surface area contributed by atoms with Crippen molar-refractivity contribution in [1.82, 2.24) is 25.2 Å². The van der Waals surface area contributed by atoms with Gasteiger partial charge in [-0.2, -0.15) is 13.2 Å². The number of hydrogen-bond donors (Lipinski definition) is 2. The van der Waals surface area contributed by atoms with Crippen LogP contribution in [0.25, 0.3) is 11.2 Å². The molecule has 0 aromatic carbocycles. The minimum absolute atomic E-state index is 0.0659. The predicted octanol–water partition coefficient (Wildman–Crippen LogP) is 2.55. The zero-order valence-electron chi connectivity index (χ0n) is 12.7. The molecule has 0 bridgehead atoms. The van der Waals surface area contributed by atoms with Gasteiger partial charge < -0.3 is 15.2 Å². The standard InChI is InChI=1S/C14H18F3N5O/c1-2-6-19-13(23)20-8-4-9-22-11-10(5-3-7-18-11)21-12(22)14(15,16)17/h3,5,7H,2,4,6,8-9H2,1H3,(H2,19,20,23). The topological polar surface area (TPSA) is 71.8 Å². The lowest BCUT2D eigenvalue weighted by atomic mass is 10.4. The summed E-state index contributed by atoms with van der Waals surface area (Å²) in [5.74, 6) is -0.971. The highest BCUT2D eigenvalue weighted by atomic mass is 19.4. The van der Waals surface area contributed by atoms with Gasteiger partial charge in [0.2, 0.25) is 5.82 Å². The van der Waals surface area contributed by atoms with Gasteiger partial charge in [-0.05, 0) is 25.0 Å². The number of alkyl halides is 3. The van der Waals surface area contributed by atoms with Crippen LogP contribution in [0.1, 0.15) is 25.6 Å². The molecular formula is C14H18F3N5O. The average Bonchev–Trinajstić information content (AvgIpc) is 2.88. The number of carbonyl (C=O) groups is 1. The fourth-order valence-corrected chi connectivity index (χ4v) is 2.13.